The van der Waals surface area contributed by atoms with Crippen LogP contribution in [0, 0.1) is 28.5 Å². The molecule has 0 radical (unpaired) electrons. The fourth-order valence-electron chi connectivity index (χ4n) is 2.86. The number of nitrogens with one attached hydrogen (secondary N) is 2. The van der Waals surface area contributed by atoms with Crippen molar-refractivity contribution in [3.63, 3.8) is 0 Å². The summed E-state index contributed by atoms with van der Waals surface area (Å²) in [4.78, 5) is 43.5. The number of rotatable bonds is 4. The first-order valence-electron chi connectivity index (χ1n) is 8.36. The van der Waals surface area contributed by atoms with E-state index in [1.54, 1.807) is 6.07 Å². The average Bonchev–Trinajstić information content (AvgIpc) is 2.70. The molecule has 0 unspecified atom stereocenters. The van der Waals surface area contributed by atoms with Crippen LogP contribution in [0.4, 0.5) is 4.39 Å². The summed E-state index contributed by atoms with van der Waals surface area (Å²) in [7, 11) is 0. The molecular weight excluding hydrogens is 379 g/mol. The van der Waals surface area contributed by atoms with Gasteiger partial charge in [-0.05, 0) is 25.1 Å². The van der Waals surface area contributed by atoms with Gasteiger partial charge >= 0.3 is 5.69 Å². The van der Waals surface area contributed by atoms with E-state index in [4.69, 9.17) is 5.26 Å². The molecule has 9 nitrogen and oxygen atoms in total. The van der Waals surface area contributed by atoms with Crippen LogP contribution in [0.1, 0.15) is 29.8 Å². The molecule has 1 aromatic carbocycles. The van der Waals surface area contributed by atoms with Crippen molar-refractivity contribution in [3.05, 3.63) is 73.9 Å². The molecule has 10 heteroatoms. The zero-order valence-corrected chi connectivity index (χ0v) is 15.1. The highest BCUT2D eigenvalue weighted by atomic mass is 19.1. The van der Waals surface area contributed by atoms with Gasteiger partial charge in [-0.15, -0.1) is 0 Å². The number of carbonyl (C=O) groups is 1. The Balaban J connectivity index is 1.89. The van der Waals surface area contributed by atoms with Gasteiger partial charge in [0.2, 0.25) is 5.91 Å². The number of aromatic nitrogens is 3. The van der Waals surface area contributed by atoms with Gasteiger partial charge in [0.15, 0.2) is 0 Å². The Morgan fingerprint density at radius 1 is 1.34 bits per heavy atom. The molecule has 2 N–H and O–H groups in total. The Hall–Kier alpha value is -4.31. The molecule has 0 aliphatic heterocycles. The van der Waals surface area contributed by atoms with Gasteiger partial charge in [-0.2, -0.15) is 10.5 Å². The van der Waals surface area contributed by atoms with Crippen molar-refractivity contribution in [1.82, 2.24) is 19.9 Å². The number of amides is 1. The van der Waals surface area contributed by atoms with Gasteiger partial charge in [-0.1, -0.05) is 6.07 Å². The second-order valence-electron chi connectivity index (χ2n) is 6.15. The van der Waals surface area contributed by atoms with Crippen LogP contribution in [0.3, 0.4) is 0 Å². The van der Waals surface area contributed by atoms with Crippen molar-refractivity contribution < 1.29 is 9.18 Å². The number of fused-ring (bicyclic) bond motifs is 1. The van der Waals surface area contributed by atoms with Crippen LogP contribution in [-0.2, 0) is 11.3 Å². The van der Waals surface area contributed by atoms with Crippen LogP contribution < -0.4 is 16.6 Å². The van der Waals surface area contributed by atoms with E-state index in [1.807, 2.05) is 6.07 Å². The summed E-state index contributed by atoms with van der Waals surface area (Å²) >= 11 is 0. The predicted octanol–water partition coefficient (Wildman–Crippen LogP) is 0.845. The van der Waals surface area contributed by atoms with Gasteiger partial charge in [-0.25, -0.2) is 9.18 Å². The maximum Gasteiger partial charge on any atom is 0.329 e. The highest BCUT2D eigenvalue weighted by Crippen LogP contribution is 2.15. The molecule has 0 saturated heterocycles. The van der Waals surface area contributed by atoms with Gasteiger partial charge in [-0.3, -0.25) is 19.1 Å². The Bertz CT molecular complexity index is 1330. The number of hydrogen-bond acceptors (Lipinski definition) is 6. The minimum Gasteiger partial charge on any atom is -0.346 e. The van der Waals surface area contributed by atoms with Crippen LogP contribution in [0.5, 0.6) is 0 Å². The summed E-state index contributed by atoms with van der Waals surface area (Å²) in [6, 6.07) is 8.17. The first-order chi connectivity index (χ1) is 13.8. The third-order valence-electron chi connectivity index (χ3n) is 4.22. The predicted molar refractivity (Wildman–Crippen MR) is 99.0 cm³/mol. The number of nitrogens with zero attached hydrogens (tertiary/aromatic N) is 4. The molecule has 2 aromatic heterocycles. The average molecular weight is 392 g/mol. The van der Waals surface area contributed by atoms with Crippen molar-refractivity contribution in [2.75, 3.05) is 0 Å². The Morgan fingerprint density at radius 3 is 2.76 bits per heavy atom. The van der Waals surface area contributed by atoms with Crippen molar-refractivity contribution in [2.24, 2.45) is 0 Å². The number of H-pyrrole nitrogens is 1. The first-order valence-corrected chi connectivity index (χ1v) is 8.36. The molecule has 0 saturated carbocycles. The quantitative estimate of drug-likeness (QED) is 0.673. The Kier molecular flexibility index (Phi) is 5.19. The molecule has 2 heterocycles. The van der Waals surface area contributed by atoms with Crippen LogP contribution in [-0.4, -0.2) is 20.4 Å². The first kappa shape index (κ1) is 19.5. The van der Waals surface area contributed by atoms with Crippen LogP contribution >= 0.6 is 0 Å². The van der Waals surface area contributed by atoms with E-state index in [2.05, 4.69) is 15.3 Å². The number of carbonyl (C=O) groups excluding carboxylic acids is 1. The second-order valence-corrected chi connectivity index (χ2v) is 6.15. The number of aromatic amines is 1. The van der Waals surface area contributed by atoms with E-state index in [9.17, 15) is 24.0 Å². The minimum absolute atomic E-state index is 0.00440. The number of pyridine rings is 1. The molecule has 0 aliphatic rings. The topological polar surface area (TPSA) is 144 Å². The third-order valence-corrected chi connectivity index (χ3v) is 4.22. The Labute approximate surface area is 162 Å². The summed E-state index contributed by atoms with van der Waals surface area (Å²) in [5, 5.41) is 20.4. The van der Waals surface area contributed by atoms with Crippen LogP contribution in [0.2, 0.25) is 0 Å². The monoisotopic (exact) mass is 392 g/mol. The van der Waals surface area contributed by atoms with Crippen molar-refractivity contribution in [2.45, 2.75) is 19.5 Å². The van der Waals surface area contributed by atoms with E-state index in [0.717, 1.165) is 6.07 Å². The molecule has 3 rings (SSSR count). The molecule has 3 aromatic rings. The van der Waals surface area contributed by atoms with Crippen molar-refractivity contribution in [3.8, 4) is 12.1 Å². The normalized spacial score (nSPS) is 11.4. The number of nitriles is 2. The Morgan fingerprint density at radius 2 is 2.10 bits per heavy atom. The lowest BCUT2D eigenvalue weighted by Crippen LogP contribution is -2.41. The second kappa shape index (κ2) is 7.74. The van der Waals surface area contributed by atoms with Gasteiger partial charge in [0.1, 0.15) is 24.5 Å². The smallest absolute Gasteiger partial charge is 0.329 e. The molecule has 29 heavy (non-hydrogen) atoms. The van der Waals surface area contributed by atoms with E-state index in [1.165, 1.54) is 31.3 Å². The number of benzene rings is 1. The molecule has 0 bridgehead atoms. The zero-order chi connectivity index (χ0) is 21.1. The van der Waals surface area contributed by atoms with E-state index in [-0.39, 0.29) is 27.7 Å². The standard InChI is InChI=1S/C19H13FN6O3/c1-10(17-13(20)5-11(6-21)8-23-17)24-15(27)9-26-18(28)16-12(7-22)3-2-4-14(16)25-19(26)29/h2-5,8,10H,9H2,1H3,(H,24,27)(H,25,29)/t10-/m0/s1. The van der Waals surface area contributed by atoms with Gasteiger partial charge in [0.05, 0.1) is 33.8 Å². The van der Waals surface area contributed by atoms with Gasteiger partial charge in [0.25, 0.3) is 5.56 Å². The lowest BCUT2D eigenvalue weighted by molar-refractivity contribution is -0.122. The molecular formula is C19H13FN6O3. The summed E-state index contributed by atoms with van der Waals surface area (Å²) in [5.74, 6) is -1.50. The lowest BCUT2D eigenvalue weighted by Gasteiger charge is -2.15. The number of hydrogen-bond donors (Lipinski definition) is 2. The van der Waals surface area contributed by atoms with Crippen molar-refractivity contribution in [1.29, 1.82) is 10.5 Å². The zero-order valence-electron chi connectivity index (χ0n) is 15.1. The fraction of sp³-hybridized carbons (Fsp3) is 0.158. The van der Waals surface area contributed by atoms with Crippen molar-refractivity contribution >= 4 is 16.8 Å². The number of halogens is 1. The van der Waals surface area contributed by atoms with Crippen LogP contribution in [0.15, 0.2) is 40.1 Å². The lowest BCUT2D eigenvalue weighted by atomic mass is 10.1. The molecule has 0 fully saturated rings. The molecule has 1 atom stereocenters. The van der Waals surface area contributed by atoms with E-state index < -0.39 is 35.6 Å². The summed E-state index contributed by atoms with van der Waals surface area (Å²) in [6.07, 6.45) is 1.17. The SMILES string of the molecule is C[C@H](NC(=O)Cn1c(=O)[nH]c2cccc(C#N)c2c1=O)c1ncc(C#N)cc1F. The van der Waals surface area contributed by atoms with Gasteiger partial charge < -0.3 is 10.3 Å². The molecule has 144 valence electrons. The molecule has 0 aliphatic carbocycles. The summed E-state index contributed by atoms with van der Waals surface area (Å²) in [5.41, 5.74) is -1.41. The molecule has 1 amide bonds. The minimum atomic E-state index is -0.875. The largest absolute Gasteiger partial charge is 0.346 e. The third kappa shape index (κ3) is 3.73. The maximum atomic E-state index is 14.0. The summed E-state index contributed by atoms with van der Waals surface area (Å²) in [6.45, 7) is 0.836. The van der Waals surface area contributed by atoms with E-state index in [0.29, 0.717) is 4.57 Å². The fourth-order valence-corrected chi connectivity index (χ4v) is 2.86. The highest BCUT2D eigenvalue weighted by Gasteiger charge is 2.18. The van der Waals surface area contributed by atoms with Gasteiger partial charge in [0, 0.05) is 6.20 Å². The molecule has 0 spiro atoms. The maximum absolute atomic E-state index is 14.0. The van der Waals surface area contributed by atoms with Crippen LogP contribution in [0.25, 0.3) is 10.9 Å². The van der Waals surface area contributed by atoms with E-state index >= 15 is 0 Å². The summed E-state index contributed by atoms with van der Waals surface area (Å²) < 4.78 is 14.7. The highest BCUT2D eigenvalue weighted by molar-refractivity contribution is 5.84.